The lowest BCUT2D eigenvalue weighted by Crippen LogP contribution is -2.37. The van der Waals surface area contributed by atoms with Crippen molar-refractivity contribution in [1.82, 2.24) is 5.32 Å². The predicted molar refractivity (Wildman–Crippen MR) is 77.8 cm³/mol. The first kappa shape index (κ1) is 15.9. The Morgan fingerprint density at radius 3 is 2.84 bits per heavy atom. The molecule has 0 bridgehead atoms. The van der Waals surface area contributed by atoms with Gasteiger partial charge in [-0.25, -0.2) is 0 Å². The van der Waals surface area contributed by atoms with Crippen LogP contribution in [0.5, 0.6) is 5.75 Å². The minimum atomic E-state index is -0.229. The van der Waals surface area contributed by atoms with Crippen LogP contribution in [0.25, 0.3) is 0 Å². The summed E-state index contributed by atoms with van der Waals surface area (Å²) in [4.78, 5) is 12.7. The lowest BCUT2D eigenvalue weighted by Gasteiger charge is -2.14. The third kappa shape index (κ3) is 5.53. The first-order valence-corrected chi connectivity index (χ1v) is 7.27. The van der Waals surface area contributed by atoms with E-state index in [0.29, 0.717) is 0 Å². The van der Waals surface area contributed by atoms with E-state index in [4.69, 9.17) is 9.47 Å². The molecule has 1 atom stereocenters. The van der Waals surface area contributed by atoms with Crippen LogP contribution in [0.2, 0.25) is 0 Å². The molecule has 0 heterocycles. The van der Waals surface area contributed by atoms with Gasteiger partial charge < -0.3 is 14.8 Å². The highest BCUT2D eigenvalue weighted by molar-refractivity contribution is 7.99. The van der Waals surface area contributed by atoms with Crippen LogP contribution >= 0.6 is 11.8 Å². The molecule has 4 nitrogen and oxygen atoms in total. The fourth-order valence-corrected chi connectivity index (χ4v) is 2.64. The monoisotopic (exact) mass is 283 g/mol. The number of esters is 1. The van der Waals surface area contributed by atoms with Gasteiger partial charge in [-0.1, -0.05) is 13.0 Å². The van der Waals surface area contributed by atoms with Crippen LogP contribution in [0.4, 0.5) is 0 Å². The predicted octanol–water partition coefficient (Wildman–Crippen LogP) is 2.33. The summed E-state index contributed by atoms with van der Waals surface area (Å²) in [5.41, 5.74) is 0. The topological polar surface area (TPSA) is 47.6 Å². The van der Waals surface area contributed by atoms with Gasteiger partial charge in [0.25, 0.3) is 0 Å². The SMILES string of the molecule is CCNC(CCSc1cccc(OC)c1)C(=O)OC. The van der Waals surface area contributed by atoms with E-state index >= 15 is 0 Å². The van der Waals surface area contributed by atoms with Gasteiger partial charge in [-0.15, -0.1) is 11.8 Å². The number of carbonyl (C=O) groups is 1. The molecule has 1 aromatic carbocycles. The largest absolute Gasteiger partial charge is 0.497 e. The van der Waals surface area contributed by atoms with E-state index < -0.39 is 0 Å². The van der Waals surface area contributed by atoms with E-state index in [0.717, 1.165) is 29.4 Å². The molecule has 0 aliphatic carbocycles. The lowest BCUT2D eigenvalue weighted by atomic mass is 10.2. The smallest absolute Gasteiger partial charge is 0.322 e. The molecule has 0 aromatic heterocycles. The van der Waals surface area contributed by atoms with Crippen LogP contribution in [-0.4, -0.2) is 38.5 Å². The zero-order chi connectivity index (χ0) is 14.1. The molecule has 1 aromatic rings. The average molecular weight is 283 g/mol. The number of ether oxygens (including phenoxy) is 2. The molecule has 106 valence electrons. The van der Waals surface area contributed by atoms with Gasteiger partial charge in [0.15, 0.2) is 0 Å². The highest BCUT2D eigenvalue weighted by Gasteiger charge is 2.17. The van der Waals surface area contributed by atoms with Crippen LogP contribution in [0.3, 0.4) is 0 Å². The molecule has 19 heavy (non-hydrogen) atoms. The second-order valence-electron chi connectivity index (χ2n) is 3.95. The standard InChI is InChI=1S/C14H21NO3S/c1-4-15-13(14(16)18-3)8-9-19-12-7-5-6-11(10-12)17-2/h5-7,10,13,15H,4,8-9H2,1-3H3. The molecular weight excluding hydrogens is 262 g/mol. The van der Waals surface area contributed by atoms with Crippen molar-refractivity contribution in [3.8, 4) is 5.75 Å². The van der Waals surface area contributed by atoms with Crippen LogP contribution < -0.4 is 10.1 Å². The molecule has 0 amide bonds. The number of hydrogen-bond donors (Lipinski definition) is 1. The normalized spacial score (nSPS) is 11.9. The van der Waals surface area contributed by atoms with E-state index in [1.54, 1.807) is 18.9 Å². The van der Waals surface area contributed by atoms with Gasteiger partial charge in [0.2, 0.25) is 0 Å². The molecule has 0 aliphatic rings. The number of methoxy groups -OCH3 is 2. The Labute approximate surface area is 118 Å². The quantitative estimate of drug-likeness (QED) is 0.586. The molecule has 0 radical (unpaired) electrons. The number of hydrogen-bond acceptors (Lipinski definition) is 5. The molecule has 0 spiro atoms. The minimum absolute atomic E-state index is 0.201. The van der Waals surface area contributed by atoms with Crippen molar-refractivity contribution in [2.24, 2.45) is 0 Å². The number of benzene rings is 1. The van der Waals surface area contributed by atoms with Crippen molar-refractivity contribution in [3.63, 3.8) is 0 Å². The van der Waals surface area contributed by atoms with E-state index in [1.165, 1.54) is 7.11 Å². The zero-order valence-corrected chi connectivity index (χ0v) is 12.5. The van der Waals surface area contributed by atoms with Crippen molar-refractivity contribution in [2.45, 2.75) is 24.3 Å². The highest BCUT2D eigenvalue weighted by Crippen LogP contribution is 2.23. The summed E-state index contributed by atoms with van der Waals surface area (Å²) in [5, 5.41) is 3.13. The number of nitrogens with one attached hydrogen (secondary N) is 1. The molecule has 1 unspecified atom stereocenters. The van der Waals surface area contributed by atoms with Crippen LogP contribution in [-0.2, 0) is 9.53 Å². The van der Waals surface area contributed by atoms with Crippen molar-refractivity contribution in [3.05, 3.63) is 24.3 Å². The lowest BCUT2D eigenvalue weighted by molar-refractivity contribution is -0.143. The second-order valence-corrected chi connectivity index (χ2v) is 5.12. The van der Waals surface area contributed by atoms with Crippen LogP contribution in [0, 0.1) is 0 Å². The Kier molecular flexibility index (Phi) is 7.36. The van der Waals surface area contributed by atoms with Crippen LogP contribution in [0.1, 0.15) is 13.3 Å². The number of likely N-dealkylation sites (N-methyl/N-ethyl adjacent to an activating group) is 1. The maximum Gasteiger partial charge on any atom is 0.322 e. The van der Waals surface area contributed by atoms with Crippen molar-refractivity contribution in [1.29, 1.82) is 0 Å². The Morgan fingerprint density at radius 1 is 1.42 bits per heavy atom. The first-order valence-electron chi connectivity index (χ1n) is 6.29. The fraction of sp³-hybridized carbons (Fsp3) is 0.500. The molecule has 1 rings (SSSR count). The third-order valence-electron chi connectivity index (χ3n) is 2.65. The maximum absolute atomic E-state index is 11.5. The zero-order valence-electron chi connectivity index (χ0n) is 11.6. The summed E-state index contributed by atoms with van der Waals surface area (Å²) < 4.78 is 9.95. The molecule has 0 saturated heterocycles. The Hall–Kier alpha value is -1.20. The van der Waals surface area contributed by atoms with E-state index in [2.05, 4.69) is 5.32 Å². The number of rotatable bonds is 8. The van der Waals surface area contributed by atoms with Gasteiger partial charge in [0.1, 0.15) is 11.8 Å². The van der Waals surface area contributed by atoms with Gasteiger partial charge in [-0.2, -0.15) is 0 Å². The second kappa shape index (κ2) is 8.82. The summed E-state index contributed by atoms with van der Waals surface area (Å²) in [7, 11) is 3.07. The highest BCUT2D eigenvalue weighted by atomic mass is 32.2. The first-order chi connectivity index (χ1) is 9.21. The molecule has 5 heteroatoms. The number of thioether (sulfide) groups is 1. The maximum atomic E-state index is 11.5. The van der Waals surface area contributed by atoms with Crippen molar-refractivity contribution in [2.75, 3.05) is 26.5 Å². The molecule has 1 N–H and O–H groups in total. The van der Waals surface area contributed by atoms with Gasteiger partial charge >= 0.3 is 5.97 Å². The van der Waals surface area contributed by atoms with Crippen LogP contribution in [0.15, 0.2) is 29.2 Å². The Balaban J connectivity index is 2.44. The van der Waals surface area contributed by atoms with E-state index in [-0.39, 0.29) is 12.0 Å². The van der Waals surface area contributed by atoms with Crippen molar-refractivity contribution >= 4 is 17.7 Å². The Morgan fingerprint density at radius 2 is 2.21 bits per heavy atom. The summed E-state index contributed by atoms with van der Waals surface area (Å²) in [6.45, 7) is 2.73. The summed E-state index contributed by atoms with van der Waals surface area (Å²) >= 11 is 1.70. The van der Waals surface area contributed by atoms with Gasteiger partial charge in [-0.05, 0) is 31.2 Å². The summed E-state index contributed by atoms with van der Waals surface area (Å²) in [5.74, 6) is 1.49. The van der Waals surface area contributed by atoms with E-state index in [1.807, 2.05) is 31.2 Å². The summed E-state index contributed by atoms with van der Waals surface area (Å²) in [6.07, 6.45) is 0.738. The molecule has 0 saturated carbocycles. The third-order valence-corrected chi connectivity index (χ3v) is 3.68. The van der Waals surface area contributed by atoms with Gasteiger partial charge in [0, 0.05) is 10.6 Å². The minimum Gasteiger partial charge on any atom is -0.497 e. The van der Waals surface area contributed by atoms with Gasteiger partial charge in [0.05, 0.1) is 14.2 Å². The Bertz CT molecular complexity index is 398. The number of carbonyl (C=O) groups excluding carboxylic acids is 1. The van der Waals surface area contributed by atoms with E-state index in [9.17, 15) is 4.79 Å². The molecule has 0 aliphatic heterocycles. The molecule has 0 fully saturated rings. The average Bonchev–Trinajstić information content (AvgIpc) is 2.45. The van der Waals surface area contributed by atoms with Crippen molar-refractivity contribution < 1.29 is 14.3 Å². The summed E-state index contributed by atoms with van der Waals surface area (Å²) in [6, 6.07) is 7.68. The molecular formula is C14H21NO3S. The fourth-order valence-electron chi connectivity index (χ4n) is 1.68. The van der Waals surface area contributed by atoms with Gasteiger partial charge in [-0.3, -0.25) is 4.79 Å².